The van der Waals surface area contributed by atoms with Crippen LogP contribution in [-0.2, 0) is 6.18 Å². The molecule has 1 rings (SSSR count). The van der Waals surface area contributed by atoms with Crippen molar-refractivity contribution in [3.63, 3.8) is 0 Å². The van der Waals surface area contributed by atoms with Crippen LogP contribution in [0.25, 0.3) is 0 Å². The number of carbonyl (C=O) groups excluding carboxylic acids is 1. The van der Waals surface area contributed by atoms with Gasteiger partial charge in [0.15, 0.2) is 0 Å². The molecule has 0 saturated heterocycles. The Labute approximate surface area is 103 Å². The number of para-hydroxylation sites is 1. The van der Waals surface area contributed by atoms with Crippen LogP contribution in [0.2, 0.25) is 0 Å². The summed E-state index contributed by atoms with van der Waals surface area (Å²) in [6.07, 6.45) is -4.55. The van der Waals surface area contributed by atoms with E-state index in [0.717, 1.165) is 6.07 Å². The zero-order valence-corrected chi connectivity index (χ0v) is 10.2. The molecular formula is C12H15F3N2O. The highest BCUT2D eigenvalue weighted by atomic mass is 19.4. The lowest BCUT2D eigenvalue weighted by Gasteiger charge is -2.20. The number of hydrogen-bond donors (Lipinski definition) is 1. The van der Waals surface area contributed by atoms with Gasteiger partial charge in [0, 0.05) is 13.1 Å². The lowest BCUT2D eigenvalue weighted by molar-refractivity contribution is -0.136. The van der Waals surface area contributed by atoms with Gasteiger partial charge in [0.2, 0.25) is 0 Å². The van der Waals surface area contributed by atoms with Gasteiger partial charge in [-0.15, -0.1) is 0 Å². The topological polar surface area (TPSA) is 46.3 Å². The highest BCUT2D eigenvalue weighted by molar-refractivity contribution is 5.99. The number of nitrogens with zero attached hydrogens (tertiary/aromatic N) is 1. The fraction of sp³-hybridized carbons (Fsp3) is 0.417. The van der Waals surface area contributed by atoms with Crippen LogP contribution in [-0.4, -0.2) is 23.9 Å². The maximum atomic E-state index is 12.7. The number of amides is 1. The van der Waals surface area contributed by atoms with Crippen molar-refractivity contribution < 1.29 is 18.0 Å². The Bertz CT molecular complexity index is 439. The van der Waals surface area contributed by atoms with Gasteiger partial charge in [0.1, 0.15) is 0 Å². The average Bonchev–Trinajstić information content (AvgIpc) is 2.29. The van der Waals surface area contributed by atoms with Crippen LogP contribution in [0.4, 0.5) is 18.9 Å². The Morgan fingerprint density at radius 1 is 1.28 bits per heavy atom. The summed E-state index contributed by atoms with van der Waals surface area (Å²) in [7, 11) is 0. The van der Waals surface area contributed by atoms with E-state index in [1.807, 2.05) is 0 Å². The normalized spacial score (nSPS) is 11.4. The van der Waals surface area contributed by atoms with Crippen molar-refractivity contribution in [2.75, 3.05) is 18.8 Å². The molecule has 0 aliphatic carbocycles. The van der Waals surface area contributed by atoms with E-state index in [4.69, 9.17) is 5.73 Å². The average molecular weight is 260 g/mol. The number of benzene rings is 1. The van der Waals surface area contributed by atoms with Gasteiger partial charge in [-0.3, -0.25) is 4.79 Å². The number of hydrogen-bond acceptors (Lipinski definition) is 2. The first kappa shape index (κ1) is 14.3. The maximum absolute atomic E-state index is 12.7. The summed E-state index contributed by atoms with van der Waals surface area (Å²) in [5.74, 6) is -0.483. The van der Waals surface area contributed by atoms with Gasteiger partial charge < -0.3 is 10.6 Å². The lowest BCUT2D eigenvalue weighted by Crippen LogP contribution is -2.31. The fourth-order valence-corrected chi connectivity index (χ4v) is 1.68. The van der Waals surface area contributed by atoms with Crippen molar-refractivity contribution in [3.8, 4) is 0 Å². The molecular weight excluding hydrogens is 245 g/mol. The lowest BCUT2D eigenvalue weighted by atomic mass is 10.1. The molecule has 0 unspecified atom stereocenters. The SMILES string of the molecule is CCN(CC)C(=O)c1cccc(C(F)(F)F)c1N. The second-order valence-electron chi connectivity index (χ2n) is 3.74. The third-order valence-electron chi connectivity index (χ3n) is 2.69. The molecule has 0 aliphatic heterocycles. The van der Waals surface area contributed by atoms with Gasteiger partial charge in [-0.25, -0.2) is 0 Å². The van der Waals surface area contributed by atoms with Crippen molar-refractivity contribution in [3.05, 3.63) is 29.3 Å². The standard InChI is InChI=1S/C12H15F3N2O/c1-3-17(4-2)11(18)8-6-5-7-9(10(8)16)12(13,14)15/h5-7H,3-4,16H2,1-2H3. The predicted molar refractivity (Wildman–Crippen MR) is 63.1 cm³/mol. The largest absolute Gasteiger partial charge is 0.418 e. The van der Waals surface area contributed by atoms with E-state index < -0.39 is 23.3 Å². The highest BCUT2D eigenvalue weighted by Crippen LogP contribution is 2.35. The summed E-state index contributed by atoms with van der Waals surface area (Å²) in [6.45, 7) is 4.35. The number of rotatable bonds is 3. The Hall–Kier alpha value is -1.72. The van der Waals surface area contributed by atoms with Crippen molar-refractivity contribution >= 4 is 11.6 Å². The van der Waals surface area contributed by atoms with Crippen LogP contribution in [0.5, 0.6) is 0 Å². The minimum Gasteiger partial charge on any atom is -0.398 e. The summed E-state index contributed by atoms with van der Waals surface area (Å²) in [5.41, 5.74) is 3.86. The Morgan fingerprint density at radius 2 is 1.83 bits per heavy atom. The predicted octanol–water partition coefficient (Wildman–Crippen LogP) is 2.77. The Kier molecular flexibility index (Phi) is 4.21. The molecule has 0 heterocycles. The summed E-state index contributed by atoms with van der Waals surface area (Å²) in [6, 6.07) is 3.37. The zero-order chi connectivity index (χ0) is 13.9. The van der Waals surface area contributed by atoms with E-state index in [0.29, 0.717) is 13.1 Å². The zero-order valence-electron chi connectivity index (χ0n) is 10.2. The van der Waals surface area contributed by atoms with Gasteiger partial charge >= 0.3 is 6.18 Å². The van der Waals surface area contributed by atoms with E-state index in [1.165, 1.54) is 17.0 Å². The third kappa shape index (κ3) is 2.75. The van der Waals surface area contributed by atoms with Crippen molar-refractivity contribution in [1.82, 2.24) is 4.90 Å². The van der Waals surface area contributed by atoms with Crippen molar-refractivity contribution in [1.29, 1.82) is 0 Å². The number of nitrogen functional groups attached to an aromatic ring is 1. The molecule has 1 aromatic carbocycles. The smallest absolute Gasteiger partial charge is 0.398 e. The molecule has 100 valence electrons. The molecule has 0 saturated carbocycles. The Balaban J connectivity index is 3.23. The molecule has 0 aliphatic rings. The van der Waals surface area contributed by atoms with E-state index in [9.17, 15) is 18.0 Å². The molecule has 0 aromatic heterocycles. The molecule has 0 bridgehead atoms. The number of halogens is 3. The summed E-state index contributed by atoms with van der Waals surface area (Å²) in [5, 5.41) is 0. The second-order valence-corrected chi connectivity index (χ2v) is 3.74. The summed E-state index contributed by atoms with van der Waals surface area (Å²) in [4.78, 5) is 13.4. The number of nitrogens with two attached hydrogens (primary N) is 1. The summed E-state index contributed by atoms with van der Waals surface area (Å²) < 4.78 is 38.0. The quantitative estimate of drug-likeness (QED) is 0.849. The molecule has 1 amide bonds. The van der Waals surface area contributed by atoms with Crippen LogP contribution in [0, 0.1) is 0 Å². The van der Waals surface area contributed by atoms with Gasteiger partial charge in [-0.2, -0.15) is 13.2 Å². The van der Waals surface area contributed by atoms with Gasteiger partial charge in [-0.05, 0) is 26.0 Å². The minimum absolute atomic E-state index is 0.103. The molecule has 2 N–H and O–H groups in total. The van der Waals surface area contributed by atoms with E-state index >= 15 is 0 Å². The van der Waals surface area contributed by atoms with Gasteiger partial charge in [0.25, 0.3) is 5.91 Å². The van der Waals surface area contributed by atoms with E-state index in [1.54, 1.807) is 13.8 Å². The molecule has 0 atom stereocenters. The van der Waals surface area contributed by atoms with Crippen LogP contribution >= 0.6 is 0 Å². The molecule has 0 fully saturated rings. The third-order valence-corrected chi connectivity index (χ3v) is 2.69. The maximum Gasteiger partial charge on any atom is 0.418 e. The van der Waals surface area contributed by atoms with Gasteiger partial charge in [0.05, 0.1) is 16.8 Å². The number of carbonyl (C=O) groups is 1. The molecule has 0 spiro atoms. The van der Waals surface area contributed by atoms with E-state index in [2.05, 4.69) is 0 Å². The van der Waals surface area contributed by atoms with Crippen LogP contribution < -0.4 is 5.73 Å². The van der Waals surface area contributed by atoms with Crippen molar-refractivity contribution in [2.24, 2.45) is 0 Å². The first-order valence-corrected chi connectivity index (χ1v) is 5.57. The molecule has 6 heteroatoms. The number of anilines is 1. The Morgan fingerprint density at radius 3 is 2.28 bits per heavy atom. The summed E-state index contributed by atoms with van der Waals surface area (Å²) >= 11 is 0. The fourth-order valence-electron chi connectivity index (χ4n) is 1.68. The van der Waals surface area contributed by atoms with Crippen LogP contribution in [0.1, 0.15) is 29.8 Å². The first-order chi connectivity index (χ1) is 8.32. The number of alkyl halides is 3. The minimum atomic E-state index is -4.55. The molecule has 3 nitrogen and oxygen atoms in total. The van der Waals surface area contributed by atoms with Crippen LogP contribution in [0.15, 0.2) is 18.2 Å². The highest BCUT2D eigenvalue weighted by Gasteiger charge is 2.34. The monoisotopic (exact) mass is 260 g/mol. The van der Waals surface area contributed by atoms with Crippen LogP contribution in [0.3, 0.4) is 0 Å². The second kappa shape index (κ2) is 5.29. The van der Waals surface area contributed by atoms with Crippen molar-refractivity contribution in [2.45, 2.75) is 20.0 Å². The molecule has 18 heavy (non-hydrogen) atoms. The first-order valence-electron chi connectivity index (χ1n) is 5.57. The molecule has 1 aromatic rings. The molecule has 0 radical (unpaired) electrons. The van der Waals surface area contributed by atoms with E-state index in [-0.39, 0.29) is 5.56 Å². The van der Waals surface area contributed by atoms with Gasteiger partial charge in [-0.1, -0.05) is 6.07 Å².